The second kappa shape index (κ2) is 11.0. The van der Waals surface area contributed by atoms with Crippen LogP contribution in [0.1, 0.15) is 43.7 Å². The monoisotopic (exact) mass is 534 g/mol. The first-order chi connectivity index (χ1) is 17.5. The van der Waals surface area contributed by atoms with E-state index in [2.05, 4.69) is 28.8 Å². The average molecular weight is 535 g/mol. The molecule has 204 valence electrons. The van der Waals surface area contributed by atoms with Gasteiger partial charge in [-0.3, -0.25) is 9.52 Å². The largest absolute Gasteiger partial charge is 0.488 e. The predicted molar refractivity (Wildman–Crippen MR) is 139 cm³/mol. The molecule has 10 nitrogen and oxygen atoms in total. The topological polar surface area (TPSA) is 125 Å². The number of nitrogens with one attached hydrogen (secondary N) is 1. The minimum absolute atomic E-state index is 0.00102. The number of rotatable bonds is 9. The second-order valence-corrected chi connectivity index (χ2v) is 12.3. The smallest absolute Gasteiger partial charge is 0.267 e. The van der Waals surface area contributed by atoms with Gasteiger partial charge in [0.05, 0.1) is 19.1 Å². The summed E-state index contributed by atoms with van der Waals surface area (Å²) in [6.07, 6.45) is 2.36. The van der Waals surface area contributed by atoms with Crippen molar-refractivity contribution in [2.24, 2.45) is 11.8 Å². The van der Waals surface area contributed by atoms with Crippen LogP contribution in [0.2, 0.25) is 0 Å². The fourth-order valence-electron chi connectivity index (χ4n) is 4.90. The summed E-state index contributed by atoms with van der Waals surface area (Å²) >= 11 is 0. The van der Waals surface area contributed by atoms with Crippen molar-refractivity contribution in [3.63, 3.8) is 0 Å². The first kappa shape index (κ1) is 27.4. The van der Waals surface area contributed by atoms with Crippen molar-refractivity contribution in [1.82, 2.24) is 15.0 Å². The van der Waals surface area contributed by atoms with E-state index < -0.39 is 10.0 Å². The number of sulfonamides is 1. The molecule has 0 bridgehead atoms. The van der Waals surface area contributed by atoms with E-state index in [9.17, 15) is 18.3 Å². The first-order valence-electron chi connectivity index (χ1n) is 12.8. The summed E-state index contributed by atoms with van der Waals surface area (Å²) in [5.41, 5.74) is 1.17. The lowest BCUT2D eigenvalue weighted by Gasteiger charge is -2.34. The van der Waals surface area contributed by atoms with E-state index in [1.54, 1.807) is 36.9 Å². The maximum atomic E-state index is 13.4. The molecule has 4 rings (SSSR count). The summed E-state index contributed by atoms with van der Waals surface area (Å²) in [7, 11) is -1.86. The van der Waals surface area contributed by atoms with E-state index in [4.69, 9.17) is 9.26 Å². The van der Waals surface area contributed by atoms with Gasteiger partial charge in [-0.2, -0.15) is 0 Å². The number of aryl methyl sites for hydroxylation is 2. The zero-order valence-corrected chi connectivity index (χ0v) is 23.0. The van der Waals surface area contributed by atoms with Crippen LogP contribution >= 0.6 is 0 Å². The maximum absolute atomic E-state index is 13.4. The van der Waals surface area contributed by atoms with Gasteiger partial charge in [0.2, 0.25) is 5.91 Å². The van der Waals surface area contributed by atoms with Gasteiger partial charge in [-0.15, -0.1) is 0 Å². The van der Waals surface area contributed by atoms with E-state index in [0.29, 0.717) is 30.1 Å². The molecule has 11 heteroatoms. The van der Waals surface area contributed by atoms with Gasteiger partial charge in [0.1, 0.15) is 17.5 Å². The number of aromatic nitrogens is 1. The van der Waals surface area contributed by atoms with Crippen LogP contribution in [0.25, 0.3) is 0 Å². The third kappa shape index (κ3) is 6.45. The Morgan fingerprint density at radius 2 is 2.00 bits per heavy atom. The molecule has 0 spiro atoms. The van der Waals surface area contributed by atoms with Crippen LogP contribution in [0.5, 0.6) is 5.75 Å². The molecule has 0 unspecified atom stereocenters. The molecule has 1 aromatic carbocycles. The molecule has 3 atom stereocenters. The highest BCUT2D eigenvalue weighted by Crippen LogP contribution is 2.32. The molecule has 1 saturated carbocycles. The minimum Gasteiger partial charge on any atom is -0.488 e. The van der Waals surface area contributed by atoms with Gasteiger partial charge in [0, 0.05) is 36.8 Å². The molecule has 0 saturated heterocycles. The number of aliphatic hydroxyl groups excluding tert-OH is 1. The van der Waals surface area contributed by atoms with Crippen LogP contribution in [-0.4, -0.2) is 79.8 Å². The normalized spacial score (nSPS) is 21.6. The van der Waals surface area contributed by atoms with Crippen LogP contribution in [0.3, 0.4) is 0 Å². The van der Waals surface area contributed by atoms with Gasteiger partial charge < -0.3 is 24.2 Å². The Hall–Kier alpha value is -2.63. The van der Waals surface area contributed by atoms with Crippen molar-refractivity contribution in [3.8, 4) is 5.75 Å². The standard InChI is InChI=1S/C26H38N4O6S/c1-16-12-30(17(2)15-31)25(32)11-21-10-22(28-37(33,34)26-18(3)27-36-19(26)4)8-9-23(21)35-24(16)14-29(5)13-20-6-7-20/h8-10,16-17,20,24,28,31H,6-7,11-15H2,1-5H3/t16-,17-,24+/m0/s1. The second-order valence-electron chi connectivity index (χ2n) is 10.6. The molecule has 2 aromatic rings. The van der Waals surface area contributed by atoms with E-state index in [1.807, 2.05) is 6.92 Å². The lowest BCUT2D eigenvalue weighted by atomic mass is 10.0. The number of carbonyl (C=O) groups excluding carboxylic acids is 1. The molecule has 2 aliphatic rings. The average Bonchev–Trinajstić information content (AvgIpc) is 3.56. The molecule has 1 aromatic heterocycles. The molecule has 0 radical (unpaired) electrons. The van der Waals surface area contributed by atoms with Gasteiger partial charge in [0.15, 0.2) is 10.7 Å². The molecule has 2 heterocycles. The number of fused-ring (bicyclic) bond motifs is 1. The maximum Gasteiger partial charge on any atom is 0.267 e. The summed E-state index contributed by atoms with van der Waals surface area (Å²) in [4.78, 5) is 17.4. The number of carbonyl (C=O) groups is 1. The number of aliphatic hydroxyl groups is 1. The zero-order valence-electron chi connectivity index (χ0n) is 22.2. The molecule has 1 fully saturated rings. The third-order valence-corrected chi connectivity index (χ3v) is 8.79. The lowest BCUT2D eigenvalue weighted by Crippen LogP contribution is -2.47. The Balaban J connectivity index is 1.65. The lowest BCUT2D eigenvalue weighted by molar-refractivity contribution is -0.134. The summed E-state index contributed by atoms with van der Waals surface area (Å²) in [5.74, 6) is 1.37. The van der Waals surface area contributed by atoms with Gasteiger partial charge in [-0.25, -0.2) is 8.42 Å². The van der Waals surface area contributed by atoms with Crippen LogP contribution in [0, 0.1) is 25.7 Å². The SMILES string of the molecule is Cc1noc(C)c1S(=O)(=O)Nc1ccc2c(c1)CC(=O)N([C@@H](C)CO)C[C@H](C)[C@@H](CN(C)CC1CC1)O2. The Morgan fingerprint density at radius 3 is 2.62 bits per heavy atom. The number of likely N-dealkylation sites (N-methyl/N-ethyl adjacent to an activating group) is 1. The molecule has 2 N–H and O–H groups in total. The summed E-state index contributed by atoms with van der Waals surface area (Å²) in [5, 5.41) is 13.6. The van der Waals surface area contributed by atoms with Crippen LogP contribution in [0.4, 0.5) is 5.69 Å². The fraction of sp³-hybridized carbons (Fsp3) is 0.615. The zero-order chi connectivity index (χ0) is 26.9. The fourth-order valence-corrected chi connectivity index (χ4v) is 6.28. The van der Waals surface area contributed by atoms with Crippen LogP contribution < -0.4 is 9.46 Å². The van der Waals surface area contributed by atoms with Gasteiger partial charge in [0.25, 0.3) is 10.0 Å². The highest BCUT2D eigenvalue weighted by Gasteiger charge is 2.32. The Morgan fingerprint density at radius 1 is 1.27 bits per heavy atom. The van der Waals surface area contributed by atoms with Gasteiger partial charge >= 0.3 is 0 Å². The molecule has 1 aliphatic carbocycles. The molecule has 1 amide bonds. The third-order valence-electron chi connectivity index (χ3n) is 7.16. The van der Waals surface area contributed by atoms with Crippen molar-refractivity contribution in [1.29, 1.82) is 0 Å². The van der Waals surface area contributed by atoms with E-state index in [1.165, 1.54) is 12.8 Å². The number of hydrogen-bond donors (Lipinski definition) is 2. The molecule has 1 aliphatic heterocycles. The number of ether oxygens (including phenoxy) is 1. The Labute approximate surface area is 219 Å². The number of benzene rings is 1. The van der Waals surface area contributed by atoms with E-state index in [0.717, 1.165) is 12.5 Å². The number of amides is 1. The predicted octanol–water partition coefficient (Wildman–Crippen LogP) is 2.58. The number of nitrogens with zero attached hydrogens (tertiary/aromatic N) is 3. The van der Waals surface area contributed by atoms with E-state index in [-0.39, 0.29) is 53.3 Å². The van der Waals surface area contributed by atoms with Crippen molar-refractivity contribution < 1.29 is 27.6 Å². The summed E-state index contributed by atoms with van der Waals surface area (Å²) in [6, 6.07) is 4.66. The highest BCUT2D eigenvalue weighted by molar-refractivity contribution is 7.92. The molecule has 37 heavy (non-hydrogen) atoms. The Kier molecular flexibility index (Phi) is 8.15. The molecular weight excluding hydrogens is 496 g/mol. The van der Waals surface area contributed by atoms with Crippen molar-refractivity contribution in [2.45, 2.75) is 64.0 Å². The summed E-state index contributed by atoms with van der Waals surface area (Å²) in [6.45, 7) is 9.04. The minimum atomic E-state index is -3.95. The van der Waals surface area contributed by atoms with Gasteiger partial charge in [-0.1, -0.05) is 12.1 Å². The number of anilines is 1. The Bertz CT molecular complexity index is 1210. The van der Waals surface area contributed by atoms with Crippen LogP contribution in [0.15, 0.2) is 27.6 Å². The van der Waals surface area contributed by atoms with Crippen molar-refractivity contribution in [2.75, 3.05) is 38.0 Å². The van der Waals surface area contributed by atoms with E-state index >= 15 is 0 Å². The molecular formula is C26H38N4O6S. The van der Waals surface area contributed by atoms with Gasteiger partial charge in [-0.05, 0) is 64.8 Å². The summed E-state index contributed by atoms with van der Waals surface area (Å²) < 4.78 is 40.2. The van der Waals surface area contributed by atoms with Crippen LogP contribution in [-0.2, 0) is 21.2 Å². The quantitative estimate of drug-likeness (QED) is 0.503. The van der Waals surface area contributed by atoms with Crippen molar-refractivity contribution >= 4 is 21.6 Å². The highest BCUT2D eigenvalue weighted by atomic mass is 32.2. The number of hydrogen-bond acceptors (Lipinski definition) is 8. The first-order valence-corrected chi connectivity index (χ1v) is 14.3. The van der Waals surface area contributed by atoms with Crippen molar-refractivity contribution in [3.05, 3.63) is 35.2 Å².